The Hall–Kier alpha value is -1.82. The fourth-order valence-corrected chi connectivity index (χ4v) is 1.71. The van der Waals surface area contributed by atoms with Crippen molar-refractivity contribution in [2.45, 2.75) is 0 Å². The van der Waals surface area contributed by atoms with Crippen LogP contribution in [0.3, 0.4) is 0 Å². The molecule has 0 bridgehead atoms. The minimum absolute atomic E-state index is 0.0567. The molecule has 0 aliphatic rings. The molecule has 0 saturated heterocycles. The minimum atomic E-state index is -0.774. The van der Waals surface area contributed by atoms with E-state index in [2.05, 4.69) is 20.9 Å². The molecule has 19 heavy (non-hydrogen) atoms. The molecule has 0 aromatic heterocycles. The van der Waals surface area contributed by atoms with E-state index >= 15 is 0 Å². The number of benzene rings is 2. The monoisotopic (exact) mass is 329 g/mol. The van der Waals surface area contributed by atoms with E-state index in [1.54, 1.807) is 0 Å². The maximum atomic E-state index is 13.3. The molecular weight excluding hydrogens is 323 g/mol. The van der Waals surface area contributed by atoms with E-state index in [9.17, 15) is 18.3 Å². The fourth-order valence-electron chi connectivity index (χ4n) is 1.37. The highest BCUT2D eigenvalue weighted by molar-refractivity contribution is 9.10. The highest BCUT2D eigenvalue weighted by atomic mass is 79.9. The highest BCUT2D eigenvalue weighted by Crippen LogP contribution is 2.31. The Labute approximate surface area is 115 Å². The first-order valence-electron chi connectivity index (χ1n) is 5.14. The average Bonchev–Trinajstić information content (AvgIpc) is 2.34. The normalized spacial score (nSPS) is 11.2. The molecular formula is C13H7BrF3NO. The van der Waals surface area contributed by atoms with Crippen LogP contribution in [0.4, 0.5) is 18.9 Å². The molecule has 0 saturated carbocycles. The van der Waals surface area contributed by atoms with Crippen molar-refractivity contribution in [1.82, 2.24) is 0 Å². The lowest BCUT2D eigenvalue weighted by Crippen LogP contribution is -1.89. The molecule has 0 spiro atoms. The van der Waals surface area contributed by atoms with Crippen molar-refractivity contribution in [2.24, 2.45) is 4.99 Å². The summed E-state index contributed by atoms with van der Waals surface area (Å²) in [6.07, 6.45) is 1.12. The van der Waals surface area contributed by atoms with Crippen LogP contribution in [0, 0.1) is 17.5 Å². The maximum absolute atomic E-state index is 13.3. The topological polar surface area (TPSA) is 32.6 Å². The van der Waals surface area contributed by atoms with Gasteiger partial charge in [-0.15, -0.1) is 0 Å². The third-order valence-corrected chi connectivity index (χ3v) is 2.93. The zero-order valence-electron chi connectivity index (χ0n) is 9.37. The number of phenolic OH excluding ortho intramolecular Hbond substituents is 1. The van der Waals surface area contributed by atoms with Gasteiger partial charge < -0.3 is 5.11 Å². The van der Waals surface area contributed by atoms with Crippen LogP contribution in [0.15, 0.2) is 39.8 Å². The summed E-state index contributed by atoms with van der Waals surface area (Å²) in [5.41, 5.74) is 0.123. The number of aromatic hydroxyl groups is 1. The first-order valence-corrected chi connectivity index (χ1v) is 5.94. The van der Waals surface area contributed by atoms with Crippen molar-refractivity contribution in [3.63, 3.8) is 0 Å². The van der Waals surface area contributed by atoms with Crippen LogP contribution in [0.25, 0.3) is 0 Å². The molecule has 2 rings (SSSR count). The van der Waals surface area contributed by atoms with Crippen LogP contribution < -0.4 is 0 Å². The van der Waals surface area contributed by atoms with Gasteiger partial charge in [-0.1, -0.05) is 0 Å². The Balaban J connectivity index is 2.35. The number of rotatable bonds is 2. The molecule has 98 valence electrons. The van der Waals surface area contributed by atoms with Gasteiger partial charge >= 0.3 is 0 Å². The minimum Gasteiger partial charge on any atom is -0.506 e. The molecule has 0 aliphatic heterocycles. The summed E-state index contributed by atoms with van der Waals surface area (Å²) in [6.45, 7) is 0. The molecule has 1 N–H and O–H groups in total. The molecule has 2 aromatic rings. The van der Waals surface area contributed by atoms with Gasteiger partial charge in [-0.3, -0.25) is 4.99 Å². The van der Waals surface area contributed by atoms with E-state index < -0.39 is 17.5 Å². The number of hydrogen-bond acceptors (Lipinski definition) is 2. The van der Waals surface area contributed by atoms with E-state index in [1.807, 2.05) is 0 Å². The predicted octanol–water partition coefficient (Wildman–Crippen LogP) is 4.32. The SMILES string of the molecule is Oc1cc(F)c(Br)cc1N=Cc1ccc(F)cc1F. The van der Waals surface area contributed by atoms with Gasteiger partial charge in [-0.05, 0) is 34.1 Å². The summed E-state index contributed by atoms with van der Waals surface area (Å²) < 4.78 is 39.2. The van der Waals surface area contributed by atoms with Gasteiger partial charge in [0.15, 0.2) is 0 Å². The third-order valence-electron chi connectivity index (χ3n) is 2.32. The largest absolute Gasteiger partial charge is 0.506 e. The van der Waals surface area contributed by atoms with Gasteiger partial charge in [-0.2, -0.15) is 0 Å². The lowest BCUT2D eigenvalue weighted by Gasteiger charge is -2.01. The van der Waals surface area contributed by atoms with E-state index in [-0.39, 0.29) is 21.5 Å². The Morgan fingerprint density at radius 3 is 2.47 bits per heavy atom. The van der Waals surface area contributed by atoms with Crippen molar-refractivity contribution < 1.29 is 18.3 Å². The smallest absolute Gasteiger partial charge is 0.144 e. The molecule has 0 aliphatic carbocycles. The van der Waals surface area contributed by atoms with Crippen molar-refractivity contribution in [2.75, 3.05) is 0 Å². The van der Waals surface area contributed by atoms with Crippen LogP contribution in [0.1, 0.15) is 5.56 Å². The van der Waals surface area contributed by atoms with Crippen molar-refractivity contribution in [3.05, 3.63) is 57.8 Å². The van der Waals surface area contributed by atoms with Gasteiger partial charge in [-0.25, -0.2) is 13.2 Å². The summed E-state index contributed by atoms with van der Waals surface area (Å²) in [5, 5.41) is 9.48. The molecule has 0 atom stereocenters. The van der Waals surface area contributed by atoms with E-state index in [0.717, 1.165) is 24.4 Å². The standard InChI is InChI=1S/C13H7BrF3NO/c14-9-4-12(13(19)5-11(9)17)18-6-7-1-2-8(15)3-10(7)16/h1-6,19H. The van der Waals surface area contributed by atoms with Crippen LogP contribution in [-0.2, 0) is 0 Å². The Morgan fingerprint density at radius 2 is 1.79 bits per heavy atom. The molecule has 0 radical (unpaired) electrons. The quantitative estimate of drug-likeness (QED) is 0.817. The molecule has 2 nitrogen and oxygen atoms in total. The fraction of sp³-hybridized carbons (Fsp3) is 0. The summed E-state index contributed by atoms with van der Waals surface area (Å²) >= 11 is 2.95. The molecule has 0 heterocycles. The van der Waals surface area contributed by atoms with Crippen LogP contribution in [0.5, 0.6) is 5.75 Å². The zero-order valence-corrected chi connectivity index (χ0v) is 11.0. The van der Waals surface area contributed by atoms with Crippen molar-refractivity contribution in [3.8, 4) is 5.75 Å². The lowest BCUT2D eigenvalue weighted by atomic mass is 10.2. The highest BCUT2D eigenvalue weighted by Gasteiger charge is 2.07. The third kappa shape index (κ3) is 3.14. The first kappa shape index (κ1) is 13.6. The molecule has 0 amide bonds. The lowest BCUT2D eigenvalue weighted by molar-refractivity contribution is 0.470. The van der Waals surface area contributed by atoms with Gasteiger partial charge in [0.25, 0.3) is 0 Å². The molecule has 2 aromatic carbocycles. The van der Waals surface area contributed by atoms with Gasteiger partial charge in [0, 0.05) is 23.9 Å². The molecule has 0 fully saturated rings. The van der Waals surface area contributed by atoms with E-state index in [1.165, 1.54) is 12.1 Å². The Morgan fingerprint density at radius 1 is 1.05 bits per heavy atom. The van der Waals surface area contributed by atoms with Crippen LogP contribution >= 0.6 is 15.9 Å². The van der Waals surface area contributed by atoms with Crippen LogP contribution in [-0.4, -0.2) is 11.3 Å². The number of aliphatic imine (C=N–C) groups is 1. The summed E-state index contributed by atoms with van der Waals surface area (Å²) in [7, 11) is 0. The van der Waals surface area contributed by atoms with Gasteiger partial charge in [0.1, 0.15) is 28.9 Å². The van der Waals surface area contributed by atoms with Gasteiger partial charge in [0.2, 0.25) is 0 Å². The van der Waals surface area contributed by atoms with E-state index in [4.69, 9.17) is 0 Å². The number of nitrogens with zero attached hydrogens (tertiary/aromatic N) is 1. The van der Waals surface area contributed by atoms with E-state index in [0.29, 0.717) is 0 Å². The van der Waals surface area contributed by atoms with Crippen molar-refractivity contribution in [1.29, 1.82) is 0 Å². The van der Waals surface area contributed by atoms with Crippen molar-refractivity contribution >= 4 is 27.8 Å². The predicted molar refractivity (Wildman–Crippen MR) is 69.4 cm³/mol. The summed E-state index contributed by atoms with van der Waals surface area (Å²) in [4.78, 5) is 3.83. The summed E-state index contributed by atoms with van der Waals surface area (Å²) in [5.74, 6) is -2.48. The van der Waals surface area contributed by atoms with Gasteiger partial charge in [0.05, 0.1) is 4.47 Å². The second kappa shape index (κ2) is 5.44. The maximum Gasteiger partial charge on any atom is 0.144 e. The number of hydrogen-bond donors (Lipinski definition) is 1. The second-order valence-corrected chi connectivity index (χ2v) is 4.53. The Bertz CT molecular complexity index is 659. The number of phenols is 1. The Kier molecular flexibility index (Phi) is 3.90. The average molecular weight is 330 g/mol. The molecule has 0 unspecified atom stereocenters. The summed E-state index contributed by atoms with van der Waals surface area (Å²) in [6, 6.07) is 5.16. The number of halogens is 4. The molecule has 6 heteroatoms. The first-order chi connectivity index (χ1) is 8.97. The van der Waals surface area contributed by atoms with Crippen LogP contribution in [0.2, 0.25) is 0 Å². The zero-order chi connectivity index (χ0) is 14.0. The second-order valence-electron chi connectivity index (χ2n) is 3.68.